The van der Waals surface area contributed by atoms with Gasteiger partial charge in [-0.15, -0.1) is 11.3 Å². The molecular weight excluding hydrogens is 540 g/mol. The predicted octanol–water partition coefficient (Wildman–Crippen LogP) is 2.97. The van der Waals surface area contributed by atoms with Gasteiger partial charge in [-0.05, 0) is 12.1 Å². The molecule has 2 aromatic carbocycles. The van der Waals surface area contributed by atoms with Crippen LogP contribution in [0.25, 0.3) is 20.2 Å². The second-order valence-corrected chi connectivity index (χ2v) is 8.80. The van der Waals surface area contributed by atoms with E-state index >= 15 is 0 Å². The maximum absolute atomic E-state index is 13.8. The predicted molar refractivity (Wildman–Crippen MR) is 133 cm³/mol. The number of hydrogen-bond acceptors (Lipinski definition) is 14. The lowest BCUT2D eigenvalue weighted by Gasteiger charge is -2.19. The Bertz CT molecular complexity index is 1650. The van der Waals surface area contributed by atoms with Gasteiger partial charge < -0.3 is 28.4 Å². The molecule has 39 heavy (non-hydrogen) atoms. The van der Waals surface area contributed by atoms with Gasteiger partial charge in [-0.3, -0.25) is 33.6 Å². The first-order valence-corrected chi connectivity index (χ1v) is 11.8. The summed E-state index contributed by atoms with van der Waals surface area (Å²) in [6.07, 6.45) is 0. The minimum Gasteiger partial charge on any atom is -0.423 e. The van der Waals surface area contributed by atoms with Crippen LogP contribution in [0.3, 0.4) is 0 Å². The first kappa shape index (κ1) is 28.7. The minimum atomic E-state index is -0.954. The molecule has 0 N–H and O–H groups in total. The molecule has 0 radical (unpaired) electrons. The molecule has 3 rings (SSSR count). The highest BCUT2D eigenvalue weighted by atomic mass is 32.1. The van der Waals surface area contributed by atoms with Gasteiger partial charge in [-0.25, -0.2) is 0 Å². The fourth-order valence-corrected chi connectivity index (χ4v) is 4.65. The molecule has 3 aromatic rings. The Hall–Kier alpha value is -4.85. The number of hydrogen-bond donors (Lipinski definition) is 0. The van der Waals surface area contributed by atoms with Crippen molar-refractivity contribution in [2.24, 2.45) is 0 Å². The van der Waals surface area contributed by atoms with Crippen molar-refractivity contribution in [3.05, 3.63) is 22.4 Å². The molecule has 0 saturated heterocycles. The molecule has 14 heteroatoms. The normalized spacial score (nSPS) is 10.5. The standard InChI is InChI=1S/C25H20O13S/c1-9(26)33-16-8-7-15-18(32)17-20(35-11(3)28)21(36-12(4)29)22(37-13(5)30)23(38-14(6)31)25(17)39-24(15)19(16)34-10(2)27/h7-8H,1-6H3. The number of esters is 6. The van der Waals surface area contributed by atoms with Gasteiger partial charge in [0.15, 0.2) is 28.4 Å². The molecule has 0 atom stereocenters. The number of rotatable bonds is 6. The van der Waals surface area contributed by atoms with Gasteiger partial charge in [0, 0.05) is 46.9 Å². The molecule has 0 unspecified atom stereocenters. The second-order valence-electron chi connectivity index (χ2n) is 7.78. The average molecular weight is 560 g/mol. The molecule has 1 heterocycles. The largest absolute Gasteiger partial charge is 0.423 e. The first-order chi connectivity index (χ1) is 18.2. The van der Waals surface area contributed by atoms with Crippen molar-refractivity contribution in [3.63, 3.8) is 0 Å². The van der Waals surface area contributed by atoms with Gasteiger partial charge >= 0.3 is 35.8 Å². The van der Waals surface area contributed by atoms with E-state index in [1.165, 1.54) is 12.1 Å². The average Bonchev–Trinajstić information content (AvgIpc) is 2.78. The van der Waals surface area contributed by atoms with E-state index in [2.05, 4.69) is 0 Å². The van der Waals surface area contributed by atoms with Crippen LogP contribution < -0.4 is 33.8 Å². The lowest BCUT2D eigenvalue weighted by molar-refractivity contribution is -0.136. The van der Waals surface area contributed by atoms with E-state index in [-0.39, 0.29) is 31.7 Å². The van der Waals surface area contributed by atoms with Crippen LogP contribution in [0.4, 0.5) is 0 Å². The molecule has 0 amide bonds. The van der Waals surface area contributed by atoms with E-state index in [1.807, 2.05) is 0 Å². The zero-order chi connectivity index (χ0) is 29.2. The molecule has 1 aromatic heterocycles. The van der Waals surface area contributed by atoms with Gasteiger partial charge in [0.05, 0.1) is 14.8 Å². The molecule has 0 aliphatic heterocycles. The first-order valence-electron chi connectivity index (χ1n) is 10.9. The fourth-order valence-electron chi connectivity index (χ4n) is 3.43. The Labute approximate surface area is 223 Å². The Morgan fingerprint density at radius 2 is 0.923 bits per heavy atom. The monoisotopic (exact) mass is 560 g/mol. The maximum Gasteiger partial charge on any atom is 0.308 e. The zero-order valence-corrected chi connectivity index (χ0v) is 22.2. The summed E-state index contributed by atoms with van der Waals surface area (Å²) in [6.45, 7) is 6.20. The van der Waals surface area contributed by atoms with E-state index < -0.39 is 64.2 Å². The smallest absolute Gasteiger partial charge is 0.308 e. The number of fused-ring (bicyclic) bond motifs is 2. The van der Waals surface area contributed by atoms with Gasteiger partial charge in [0.2, 0.25) is 11.5 Å². The van der Waals surface area contributed by atoms with Crippen LogP contribution in [0.1, 0.15) is 41.5 Å². The summed E-state index contributed by atoms with van der Waals surface area (Å²) in [5.41, 5.74) is -0.853. The van der Waals surface area contributed by atoms with Gasteiger partial charge in [0.1, 0.15) is 0 Å². The minimum absolute atomic E-state index is 0.0439. The Morgan fingerprint density at radius 1 is 0.513 bits per heavy atom. The topological polar surface area (TPSA) is 175 Å². The zero-order valence-electron chi connectivity index (χ0n) is 21.4. The summed E-state index contributed by atoms with van der Waals surface area (Å²) >= 11 is 0.685. The summed E-state index contributed by atoms with van der Waals surface area (Å²) < 4.78 is 31.0. The van der Waals surface area contributed by atoms with Crippen molar-refractivity contribution >= 4 is 67.3 Å². The van der Waals surface area contributed by atoms with Crippen molar-refractivity contribution in [2.75, 3.05) is 0 Å². The summed E-state index contributed by atoms with van der Waals surface area (Å²) in [5.74, 6) is -8.28. The highest BCUT2D eigenvalue weighted by molar-refractivity contribution is 7.25. The number of carbonyl (C=O) groups excluding carboxylic acids is 6. The Balaban J connectivity index is 2.70. The Kier molecular flexibility index (Phi) is 8.30. The van der Waals surface area contributed by atoms with Gasteiger partial charge in [0.25, 0.3) is 0 Å². The third kappa shape index (κ3) is 6.18. The highest BCUT2D eigenvalue weighted by Crippen LogP contribution is 2.54. The third-order valence-electron chi connectivity index (χ3n) is 4.51. The van der Waals surface area contributed by atoms with E-state index in [1.54, 1.807) is 0 Å². The number of carbonyl (C=O) groups is 6. The molecule has 13 nitrogen and oxygen atoms in total. The van der Waals surface area contributed by atoms with E-state index in [9.17, 15) is 33.6 Å². The van der Waals surface area contributed by atoms with Crippen molar-refractivity contribution in [2.45, 2.75) is 41.5 Å². The van der Waals surface area contributed by atoms with Gasteiger partial charge in [-0.2, -0.15) is 0 Å². The molecular formula is C25H20O13S. The van der Waals surface area contributed by atoms with Crippen LogP contribution >= 0.6 is 11.3 Å². The van der Waals surface area contributed by atoms with Crippen LogP contribution in [-0.2, 0) is 28.8 Å². The second kappa shape index (κ2) is 11.3. The summed E-state index contributed by atoms with van der Waals surface area (Å²) in [6, 6.07) is 2.47. The molecule has 0 saturated carbocycles. The molecule has 0 aliphatic carbocycles. The quantitative estimate of drug-likeness (QED) is 0.245. The van der Waals surface area contributed by atoms with Crippen molar-refractivity contribution < 1.29 is 57.2 Å². The van der Waals surface area contributed by atoms with Crippen LogP contribution in [0.2, 0.25) is 0 Å². The molecule has 0 bridgehead atoms. The summed E-state index contributed by atoms with van der Waals surface area (Å²) in [4.78, 5) is 85.4. The summed E-state index contributed by atoms with van der Waals surface area (Å²) in [5, 5.41) is -0.490. The number of benzene rings is 2. The highest BCUT2D eigenvalue weighted by Gasteiger charge is 2.32. The third-order valence-corrected chi connectivity index (χ3v) is 5.72. The Morgan fingerprint density at radius 3 is 1.41 bits per heavy atom. The van der Waals surface area contributed by atoms with Crippen LogP contribution in [0.5, 0.6) is 34.5 Å². The SMILES string of the molecule is CC(=O)Oc1ccc2c(=O)c3c(OC(C)=O)c(OC(C)=O)c(OC(C)=O)c(OC(C)=O)c3sc2c1OC(C)=O. The lowest BCUT2D eigenvalue weighted by atomic mass is 10.1. The van der Waals surface area contributed by atoms with Crippen molar-refractivity contribution in [3.8, 4) is 34.5 Å². The molecule has 0 spiro atoms. The van der Waals surface area contributed by atoms with Crippen molar-refractivity contribution in [1.82, 2.24) is 0 Å². The van der Waals surface area contributed by atoms with E-state index in [0.717, 1.165) is 41.5 Å². The maximum atomic E-state index is 13.8. The van der Waals surface area contributed by atoms with Gasteiger partial charge in [-0.1, -0.05) is 0 Å². The van der Waals surface area contributed by atoms with Crippen LogP contribution in [0.15, 0.2) is 16.9 Å². The van der Waals surface area contributed by atoms with E-state index in [0.29, 0.717) is 11.3 Å². The number of ether oxygens (including phenoxy) is 6. The van der Waals surface area contributed by atoms with Crippen LogP contribution in [0, 0.1) is 0 Å². The molecule has 0 aliphatic rings. The summed E-state index contributed by atoms with van der Waals surface area (Å²) in [7, 11) is 0. The fraction of sp³-hybridized carbons (Fsp3) is 0.240. The van der Waals surface area contributed by atoms with Crippen molar-refractivity contribution in [1.29, 1.82) is 0 Å². The van der Waals surface area contributed by atoms with Crippen LogP contribution in [-0.4, -0.2) is 35.8 Å². The molecule has 204 valence electrons. The lowest BCUT2D eigenvalue weighted by Crippen LogP contribution is -2.16. The van der Waals surface area contributed by atoms with E-state index in [4.69, 9.17) is 28.4 Å². The molecule has 0 fully saturated rings.